The molecule has 0 aliphatic carbocycles. The van der Waals surface area contributed by atoms with E-state index >= 15 is 0 Å². The molecule has 0 bridgehead atoms. The molecule has 1 heterocycles. The molecule has 2 rings (SSSR count). The van der Waals surface area contributed by atoms with Gasteiger partial charge >= 0.3 is 0 Å². The van der Waals surface area contributed by atoms with E-state index in [1.165, 1.54) is 23.4 Å². The number of nitrogen functional groups attached to an aromatic ring is 2. The molecule has 5 N–H and O–H groups in total. The van der Waals surface area contributed by atoms with Crippen molar-refractivity contribution in [1.82, 2.24) is 15.3 Å². The summed E-state index contributed by atoms with van der Waals surface area (Å²) in [4.78, 5) is 9.33. The van der Waals surface area contributed by atoms with E-state index in [2.05, 4.69) is 44.2 Å². The molecule has 0 aliphatic rings. The van der Waals surface area contributed by atoms with Gasteiger partial charge in [-0.05, 0) is 43.4 Å². The van der Waals surface area contributed by atoms with Crippen molar-refractivity contribution in [3.8, 4) is 0 Å². The zero-order valence-electron chi connectivity index (χ0n) is 11.2. The number of benzene rings is 1. The fraction of sp³-hybridized carbons (Fsp3) is 0.231. The monoisotopic (exact) mass is 353 g/mol. The molecule has 0 saturated heterocycles. The third-order valence-electron chi connectivity index (χ3n) is 2.83. The lowest BCUT2D eigenvalue weighted by Crippen LogP contribution is -2.12. The van der Waals surface area contributed by atoms with E-state index in [4.69, 9.17) is 11.5 Å². The number of aromatic nitrogens is 2. The molecule has 5 nitrogen and oxygen atoms in total. The summed E-state index contributed by atoms with van der Waals surface area (Å²) < 4.78 is 1.04. The fourth-order valence-electron chi connectivity index (χ4n) is 1.69. The largest absolute Gasteiger partial charge is 0.383 e. The molecular formula is C13H16BrN5S. The van der Waals surface area contributed by atoms with Crippen molar-refractivity contribution in [2.45, 2.75) is 23.0 Å². The Labute approximate surface area is 130 Å². The molecule has 0 amide bonds. The molecule has 0 radical (unpaired) electrons. The number of nitrogens with one attached hydrogen (secondary N) is 1. The lowest BCUT2D eigenvalue weighted by molar-refractivity contribution is 0.649. The van der Waals surface area contributed by atoms with Gasteiger partial charge in [0.15, 0.2) is 5.16 Å². The van der Waals surface area contributed by atoms with Crippen LogP contribution in [0.4, 0.5) is 11.6 Å². The van der Waals surface area contributed by atoms with Crippen LogP contribution in [-0.2, 0) is 0 Å². The number of hydrogen-bond donors (Lipinski definition) is 3. The van der Waals surface area contributed by atoms with Crippen molar-refractivity contribution in [3.63, 3.8) is 0 Å². The van der Waals surface area contributed by atoms with Crippen LogP contribution >= 0.6 is 27.7 Å². The van der Waals surface area contributed by atoms with Gasteiger partial charge in [0.05, 0.1) is 0 Å². The van der Waals surface area contributed by atoms with Crippen LogP contribution in [0.15, 0.2) is 38.8 Å². The molecule has 1 aromatic heterocycles. The van der Waals surface area contributed by atoms with Crippen LogP contribution < -0.4 is 16.8 Å². The molecule has 1 atom stereocenters. The van der Waals surface area contributed by atoms with Crippen molar-refractivity contribution >= 4 is 39.3 Å². The maximum atomic E-state index is 5.66. The van der Waals surface area contributed by atoms with Crippen molar-refractivity contribution < 1.29 is 0 Å². The van der Waals surface area contributed by atoms with Crippen molar-refractivity contribution in [2.75, 3.05) is 18.5 Å². The number of halogens is 1. The van der Waals surface area contributed by atoms with Gasteiger partial charge in [0, 0.05) is 21.5 Å². The van der Waals surface area contributed by atoms with E-state index in [0.717, 1.165) is 9.37 Å². The molecule has 2 aromatic rings. The first-order chi connectivity index (χ1) is 9.49. The zero-order valence-corrected chi connectivity index (χ0v) is 13.6. The Kier molecular flexibility index (Phi) is 4.85. The second kappa shape index (κ2) is 6.43. The van der Waals surface area contributed by atoms with Crippen LogP contribution in [0, 0.1) is 0 Å². The summed E-state index contributed by atoms with van der Waals surface area (Å²) in [5.41, 5.74) is 12.5. The highest BCUT2D eigenvalue weighted by Gasteiger charge is 2.09. The van der Waals surface area contributed by atoms with Crippen molar-refractivity contribution in [1.29, 1.82) is 0 Å². The van der Waals surface area contributed by atoms with Gasteiger partial charge < -0.3 is 16.8 Å². The average molecular weight is 354 g/mol. The van der Waals surface area contributed by atoms with E-state index in [1.54, 1.807) is 0 Å². The molecule has 0 spiro atoms. The van der Waals surface area contributed by atoms with Crippen molar-refractivity contribution in [2.24, 2.45) is 0 Å². The van der Waals surface area contributed by atoms with Gasteiger partial charge in [-0.2, -0.15) is 0 Å². The molecule has 1 unspecified atom stereocenters. The predicted molar refractivity (Wildman–Crippen MR) is 86.6 cm³/mol. The Hall–Kier alpha value is -1.31. The first-order valence-electron chi connectivity index (χ1n) is 6.04. The molecule has 106 valence electrons. The Morgan fingerprint density at radius 2 is 1.85 bits per heavy atom. The molecular weight excluding hydrogens is 338 g/mol. The Bertz CT molecular complexity index is 599. The minimum atomic E-state index is 0.280. The van der Waals surface area contributed by atoms with Crippen LogP contribution in [0.1, 0.15) is 18.5 Å². The second-order valence-electron chi connectivity index (χ2n) is 4.30. The average Bonchev–Trinajstić information content (AvgIpc) is 2.36. The second-order valence-corrected chi connectivity index (χ2v) is 6.19. The molecule has 20 heavy (non-hydrogen) atoms. The van der Waals surface area contributed by atoms with E-state index in [-0.39, 0.29) is 6.04 Å². The van der Waals surface area contributed by atoms with Crippen LogP contribution in [0.25, 0.3) is 0 Å². The molecule has 0 saturated carbocycles. The van der Waals surface area contributed by atoms with Gasteiger partial charge in [-0.25, -0.2) is 9.97 Å². The quantitative estimate of drug-likeness (QED) is 0.732. The fourth-order valence-corrected chi connectivity index (χ4v) is 3.39. The molecule has 0 fully saturated rings. The van der Waals surface area contributed by atoms with E-state index in [0.29, 0.717) is 16.8 Å². The SMILES string of the molecule is CNC(C)c1ccc(Sc2nc(N)cc(N)n2)cc1Br. The number of nitrogens with two attached hydrogens (primary N) is 2. The smallest absolute Gasteiger partial charge is 0.196 e. The van der Waals surface area contributed by atoms with Crippen LogP contribution in [0.5, 0.6) is 0 Å². The van der Waals surface area contributed by atoms with Crippen LogP contribution in [0.2, 0.25) is 0 Å². The minimum absolute atomic E-state index is 0.280. The summed E-state index contributed by atoms with van der Waals surface area (Å²) in [7, 11) is 1.93. The van der Waals surface area contributed by atoms with Gasteiger partial charge in [0.1, 0.15) is 11.6 Å². The topological polar surface area (TPSA) is 89.8 Å². The first kappa shape index (κ1) is 15.1. The summed E-state index contributed by atoms with van der Waals surface area (Å²) in [6.07, 6.45) is 0. The minimum Gasteiger partial charge on any atom is -0.383 e. The highest BCUT2D eigenvalue weighted by Crippen LogP contribution is 2.31. The van der Waals surface area contributed by atoms with Gasteiger partial charge in [0.2, 0.25) is 0 Å². The number of anilines is 2. The van der Waals surface area contributed by atoms with E-state index < -0.39 is 0 Å². The summed E-state index contributed by atoms with van der Waals surface area (Å²) >= 11 is 5.01. The maximum absolute atomic E-state index is 5.66. The number of rotatable bonds is 4. The standard InChI is InChI=1S/C13H16BrN5S/c1-7(17-2)9-4-3-8(5-10(9)14)20-13-18-11(15)6-12(16)19-13/h3-7,17H,1-2H3,(H4,15,16,18,19). The third-order valence-corrected chi connectivity index (χ3v) is 4.37. The van der Waals surface area contributed by atoms with Crippen LogP contribution in [0.3, 0.4) is 0 Å². The van der Waals surface area contributed by atoms with Gasteiger partial charge in [0.25, 0.3) is 0 Å². The summed E-state index contributed by atoms with van der Waals surface area (Å²) in [5.74, 6) is 0.749. The Morgan fingerprint density at radius 1 is 1.20 bits per heavy atom. The van der Waals surface area contributed by atoms with E-state index in [1.807, 2.05) is 19.2 Å². The summed E-state index contributed by atoms with van der Waals surface area (Å²) in [6.45, 7) is 2.11. The molecule has 7 heteroatoms. The first-order valence-corrected chi connectivity index (χ1v) is 7.65. The highest BCUT2D eigenvalue weighted by atomic mass is 79.9. The molecule has 0 aliphatic heterocycles. The zero-order chi connectivity index (χ0) is 14.7. The lowest BCUT2D eigenvalue weighted by Gasteiger charge is -2.13. The lowest BCUT2D eigenvalue weighted by atomic mass is 10.1. The van der Waals surface area contributed by atoms with E-state index in [9.17, 15) is 0 Å². The van der Waals surface area contributed by atoms with Crippen molar-refractivity contribution in [3.05, 3.63) is 34.3 Å². The predicted octanol–water partition coefficient (Wildman–Crippen LogP) is 2.84. The maximum Gasteiger partial charge on any atom is 0.196 e. The Morgan fingerprint density at radius 3 is 2.40 bits per heavy atom. The third kappa shape index (κ3) is 3.62. The van der Waals surface area contributed by atoms with Gasteiger partial charge in [-0.15, -0.1) is 0 Å². The van der Waals surface area contributed by atoms with Gasteiger partial charge in [-0.3, -0.25) is 0 Å². The normalized spacial score (nSPS) is 12.3. The number of hydrogen-bond acceptors (Lipinski definition) is 6. The Balaban J connectivity index is 2.24. The summed E-state index contributed by atoms with van der Waals surface area (Å²) in [6, 6.07) is 7.96. The summed E-state index contributed by atoms with van der Waals surface area (Å²) in [5, 5.41) is 3.76. The van der Waals surface area contributed by atoms with Crippen LogP contribution in [-0.4, -0.2) is 17.0 Å². The number of nitrogens with zero attached hydrogens (tertiary/aromatic N) is 2. The molecule has 1 aromatic carbocycles. The highest BCUT2D eigenvalue weighted by molar-refractivity contribution is 9.10. The van der Waals surface area contributed by atoms with Gasteiger partial charge in [-0.1, -0.05) is 22.0 Å².